The highest BCUT2D eigenvalue weighted by Crippen LogP contribution is 2.42. The smallest absolute Gasteiger partial charge is 0.295 e. The number of rotatable bonds is 11. The lowest BCUT2D eigenvalue weighted by atomic mass is 9.94. The Morgan fingerprint density at radius 1 is 0.972 bits per heavy atom. The highest BCUT2D eigenvalue weighted by atomic mass is 16.5. The Hall–Kier alpha value is -3.52. The van der Waals surface area contributed by atoms with E-state index in [1.165, 1.54) is 12.0 Å². The van der Waals surface area contributed by atoms with Gasteiger partial charge in [0.05, 0.1) is 32.4 Å². The second kappa shape index (κ2) is 11.9. The first-order valence-electron chi connectivity index (χ1n) is 12.3. The van der Waals surface area contributed by atoms with E-state index in [1.54, 1.807) is 43.5 Å². The molecule has 2 aromatic carbocycles. The summed E-state index contributed by atoms with van der Waals surface area (Å²) in [5.74, 6) is 0.143. The molecule has 0 spiro atoms. The van der Waals surface area contributed by atoms with Crippen LogP contribution in [-0.4, -0.2) is 73.6 Å². The van der Waals surface area contributed by atoms with Crippen molar-refractivity contribution >= 4 is 17.4 Å². The van der Waals surface area contributed by atoms with E-state index in [0.717, 1.165) is 18.7 Å². The number of ketones is 1. The van der Waals surface area contributed by atoms with Crippen LogP contribution in [0.5, 0.6) is 17.2 Å². The van der Waals surface area contributed by atoms with Gasteiger partial charge in [0.15, 0.2) is 11.5 Å². The fourth-order valence-corrected chi connectivity index (χ4v) is 4.54. The number of benzene rings is 2. The van der Waals surface area contributed by atoms with Gasteiger partial charge >= 0.3 is 0 Å². The highest BCUT2D eigenvalue weighted by molar-refractivity contribution is 6.46. The Morgan fingerprint density at radius 3 is 2.22 bits per heavy atom. The summed E-state index contributed by atoms with van der Waals surface area (Å²) in [6.45, 7) is 11.0. The molecule has 1 N–H and O–H groups in total. The average Bonchev–Trinajstić information content (AvgIpc) is 3.14. The number of Topliss-reactive ketones (excluding diaryl/α,β-unsaturated/α-hetero) is 1. The van der Waals surface area contributed by atoms with Gasteiger partial charge in [0, 0.05) is 18.7 Å². The van der Waals surface area contributed by atoms with E-state index in [2.05, 4.69) is 18.7 Å². The van der Waals surface area contributed by atoms with Crippen molar-refractivity contribution in [2.24, 2.45) is 0 Å². The maximum atomic E-state index is 13.3. The lowest BCUT2D eigenvalue weighted by molar-refractivity contribution is -0.140. The molecule has 1 fully saturated rings. The molecule has 0 aromatic heterocycles. The molecule has 0 radical (unpaired) electrons. The van der Waals surface area contributed by atoms with E-state index >= 15 is 0 Å². The second-order valence-electron chi connectivity index (χ2n) is 8.55. The number of carbonyl (C=O) groups is 2. The number of likely N-dealkylation sites (tertiary alicyclic amines) is 1. The summed E-state index contributed by atoms with van der Waals surface area (Å²) >= 11 is 0. The molecule has 0 saturated carbocycles. The zero-order chi connectivity index (χ0) is 26.4. The third-order valence-electron chi connectivity index (χ3n) is 6.56. The molecule has 1 amide bonds. The van der Waals surface area contributed by atoms with Crippen molar-refractivity contribution in [2.75, 3.05) is 47.0 Å². The molecule has 1 saturated heterocycles. The van der Waals surface area contributed by atoms with Gasteiger partial charge in [0.2, 0.25) is 0 Å². The van der Waals surface area contributed by atoms with Gasteiger partial charge in [-0.2, -0.15) is 0 Å². The molecule has 194 valence electrons. The van der Waals surface area contributed by atoms with Crippen molar-refractivity contribution in [3.8, 4) is 17.2 Å². The average molecular weight is 497 g/mol. The lowest BCUT2D eigenvalue weighted by Gasteiger charge is -2.28. The van der Waals surface area contributed by atoms with Crippen LogP contribution in [0.3, 0.4) is 0 Å². The molecule has 36 heavy (non-hydrogen) atoms. The Morgan fingerprint density at radius 2 is 1.64 bits per heavy atom. The normalized spacial score (nSPS) is 17.1. The lowest BCUT2D eigenvalue weighted by Crippen LogP contribution is -2.38. The first kappa shape index (κ1) is 27.1. The van der Waals surface area contributed by atoms with Crippen LogP contribution >= 0.6 is 0 Å². The van der Waals surface area contributed by atoms with Gasteiger partial charge in [-0.05, 0) is 68.4 Å². The fourth-order valence-electron chi connectivity index (χ4n) is 4.54. The van der Waals surface area contributed by atoms with Gasteiger partial charge in [0.25, 0.3) is 11.7 Å². The molecular formula is C28H36N2O6. The molecule has 1 heterocycles. The van der Waals surface area contributed by atoms with Crippen LogP contribution in [0.4, 0.5) is 0 Å². The number of likely N-dealkylation sites (N-methyl/N-ethyl adjacent to an activating group) is 1. The van der Waals surface area contributed by atoms with Gasteiger partial charge in [-0.3, -0.25) is 9.59 Å². The predicted octanol–water partition coefficient (Wildman–Crippen LogP) is 4.17. The minimum Gasteiger partial charge on any atom is -0.507 e. The number of nitrogens with zero attached hydrogens (tertiary/aromatic N) is 2. The third-order valence-corrected chi connectivity index (χ3v) is 6.56. The molecule has 0 bridgehead atoms. The summed E-state index contributed by atoms with van der Waals surface area (Å²) in [6.07, 6.45) is 0. The van der Waals surface area contributed by atoms with Crippen molar-refractivity contribution in [3.63, 3.8) is 0 Å². The van der Waals surface area contributed by atoms with E-state index in [1.807, 2.05) is 13.8 Å². The number of ether oxygens (including phenoxy) is 3. The van der Waals surface area contributed by atoms with Crippen LogP contribution in [0.1, 0.15) is 43.5 Å². The molecule has 0 aliphatic carbocycles. The summed E-state index contributed by atoms with van der Waals surface area (Å²) in [5, 5.41) is 11.4. The maximum absolute atomic E-state index is 13.3. The molecular weight excluding hydrogens is 460 g/mol. The van der Waals surface area contributed by atoms with Crippen LogP contribution in [0, 0.1) is 6.92 Å². The van der Waals surface area contributed by atoms with Gasteiger partial charge in [-0.25, -0.2) is 0 Å². The quantitative estimate of drug-likeness (QED) is 0.284. The Labute approximate surface area is 213 Å². The topological polar surface area (TPSA) is 88.5 Å². The van der Waals surface area contributed by atoms with Crippen LogP contribution in [-0.2, 0) is 9.59 Å². The number of hydrogen-bond acceptors (Lipinski definition) is 7. The van der Waals surface area contributed by atoms with Crippen molar-refractivity contribution in [3.05, 3.63) is 58.7 Å². The number of amides is 1. The van der Waals surface area contributed by atoms with Gasteiger partial charge in [-0.1, -0.05) is 19.9 Å². The molecule has 2 aromatic rings. The number of aryl methyl sites for hydroxylation is 1. The van der Waals surface area contributed by atoms with Crippen LogP contribution in [0.25, 0.3) is 5.76 Å². The number of hydrogen-bond donors (Lipinski definition) is 1. The van der Waals surface area contributed by atoms with Crippen molar-refractivity contribution in [1.82, 2.24) is 9.80 Å². The minimum absolute atomic E-state index is 0.0512. The molecule has 8 heteroatoms. The van der Waals surface area contributed by atoms with Gasteiger partial charge < -0.3 is 29.1 Å². The number of carbonyl (C=O) groups excluding carboxylic acids is 2. The summed E-state index contributed by atoms with van der Waals surface area (Å²) in [4.78, 5) is 30.3. The molecule has 3 rings (SSSR count). The summed E-state index contributed by atoms with van der Waals surface area (Å²) in [6, 6.07) is 9.72. The SMILES string of the molecule is CCOc1ccc(C(O)=C2C(=O)C(=O)N(CCN(CC)CC)C2c2ccc(OC)c(OC)c2)cc1C. The predicted molar refractivity (Wildman–Crippen MR) is 139 cm³/mol. The number of methoxy groups -OCH3 is 2. The first-order valence-corrected chi connectivity index (χ1v) is 12.3. The number of aliphatic hydroxyl groups is 1. The van der Waals surface area contributed by atoms with E-state index < -0.39 is 17.7 Å². The molecule has 1 aliphatic heterocycles. The Kier molecular flexibility index (Phi) is 8.98. The third kappa shape index (κ3) is 5.33. The zero-order valence-corrected chi connectivity index (χ0v) is 22.0. The van der Waals surface area contributed by atoms with Crippen LogP contribution in [0.2, 0.25) is 0 Å². The Balaban J connectivity index is 2.15. The summed E-state index contributed by atoms with van der Waals surface area (Å²) in [5.41, 5.74) is 1.97. The van der Waals surface area contributed by atoms with Gasteiger partial charge in [0.1, 0.15) is 11.5 Å². The molecule has 1 unspecified atom stereocenters. The summed E-state index contributed by atoms with van der Waals surface area (Å²) < 4.78 is 16.5. The standard InChI is InChI=1S/C28H36N2O6/c1-7-29(8-2)14-15-30-25(19-10-13-22(34-5)23(17-19)35-6)24(27(32)28(30)33)26(31)20-11-12-21(36-9-3)18(4)16-20/h10-13,16-17,25,31H,7-9,14-15H2,1-6H3. The van der Waals surface area contributed by atoms with Crippen molar-refractivity contribution in [1.29, 1.82) is 0 Å². The summed E-state index contributed by atoms with van der Waals surface area (Å²) in [7, 11) is 3.07. The zero-order valence-electron chi connectivity index (χ0n) is 22.0. The minimum atomic E-state index is -0.771. The van der Waals surface area contributed by atoms with Crippen molar-refractivity contribution < 1.29 is 28.9 Å². The molecule has 1 aliphatic rings. The monoisotopic (exact) mass is 496 g/mol. The second-order valence-corrected chi connectivity index (χ2v) is 8.55. The molecule has 8 nitrogen and oxygen atoms in total. The van der Waals surface area contributed by atoms with Gasteiger partial charge in [-0.15, -0.1) is 0 Å². The maximum Gasteiger partial charge on any atom is 0.295 e. The first-order chi connectivity index (χ1) is 17.3. The van der Waals surface area contributed by atoms with E-state index in [9.17, 15) is 14.7 Å². The van der Waals surface area contributed by atoms with E-state index in [0.29, 0.717) is 48.1 Å². The number of aliphatic hydroxyl groups excluding tert-OH is 1. The van der Waals surface area contributed by atoms with Crippen molar-refractivity contribution in [2.45, 2.75) is 33.7 Å². The highest BCUT2D eigenvalue weighted by Gasteiger charge is 2.46. The van der Waals surface area contributed by atoms with E-state index in [-0.39, 0.29) is 11.3 Å². The Bertz CT molecular complexity index is 1140. The van der Waals surface area contributed by atoms with E-state index in [4.69, 9.17) is 14.2 Å². The molecule has 1 atom stereocenters. The fraction of sp³-hybridized carbons (Fsp3) is 0.429. The van der Waals surface area contributed by atoms with Crippen LogP contribution in [0.15, 0.2) is 42.0 Å². The van der Waals surface area contributed by atoms with Crippen LogP contribution < -0.4 is 14.2 Å². The largest absolute Gasteiger partial charge is 0.507 e.